The number of hydrogen-bond donors (Lipinski definition) is 1. The molecule has 1 aliphatic heterocycles. The van der Waals surface area contributed by atoms with Gasteiger partial charge in [-0.25, -0.2) is 9.98 Å². The zero-order chi connectivity index (χ0) is 34.9. The highest BCUT2D eigenvalue weighted by atomic mass is 16.3. The maximum Gasteiger partial charge on any atom is 0.159 e. The molecule has 2 aromatic heterocycles. The third-order valence-electron chi connectivity index (χ3n) is 10.6. The van der Waals surface area contributed by atoms with Gasteiger partial charge in [-0.1, -0.05) is 140 Å². The molecule has 1 N–H and O–H groups in total. The zero-order valence-corrected chi connectivity index (χ0v) is 28.5. The third kappa shape index (κ3) is 4.75. The molecule has 5 heteroatoms. The molecule has 0 bridgehead atoms. The molecule has 3 heterocycles. The predicted molar refractivity (Wildman–Crippen MR) is 219 cm³/mol. The molecule has 0 aliphatic carbocycles. The minimum absolute atomic E-state index is 0.340. The van der Waals surface area contributed by atoms with Crippen LogP contribution in [0.15, 0.2) is 185 Å². The van der Waals surface area contributed by atoms with Gasteiger partial charge in [0.15, 0.2) is 5.84 Å². The van der Waals surface area contributed by atoms with Crippen molar-refractivity contribution in [3.8, 4) is 11.1 Å². The van der Waals surface area contributed by atoms with Crippen molar-refractivity contribution in [1.29, 1.82) is 0 Å². The van der Waals surface area contributed by atoms with E-state index in [9.17, 15) is 0 Å². The topological polar surface area (TPSA) is 62.8 Å². The minimum atomic E-state index is -0.340. The van der Waals surface area contributed by atoms with E-state index in [-0.39, 0.29) is 6.17 Å². The summed E-state index contributed by atoms with van der Waals surface area (Å²) in [5, 5.41) is 15.4. The SMILES string of the molecule is c1ccc(C2=NC(c3ccc4ccccc4c3)NC(c3cccc4oc5c(-c6ccc7c8ccccc8c8ccccc8c7c6)cncc5c34)=N2)cc1. The molecule has 0 saturated heterocycles. The Hall–Kier alpha value is -7.11. The molecule has 248 valence electrons. The molecule has 11 rings (SSSR count). The highest BCUT2D eigenvalue weighted by molar-refractivity contribution is 6.26. The van der Waals surface area contributed by atoms with Gasteiger partial charge < -0.3 is 9.73 Å². The Balaban J connectivity index is 1.08. The van der Waals surface area contributed by atoms with Crippen LogP contribution in [0.25, 0.3) is 76.2 Å². The number of amidine groups is 2. The quantitative estimate of drug-likeness (QED) is 0.188. The van der Waals surface area contributed by atoms with E-state index < -0.39 is 0 Å². The lowest BCUT2D eigenvalue weighted by atomic mass is 9.92. The number of nitrogens with one attached hydrogen (secondary N) is 1. The van der Waals surface area contributed by atoms with Crippen LogP contribution in [0.1, 0.15) is 22.9 Å². The first-order chi connectivity index (χ1) is 26.3. The number of hydrogen-bond acceptors (Lipinski definition) is 5. The molecule has 8 aromatic carbocycles. The van der Waals surface area contributed by atoms with Crippen molar-refractivity contribution in [2.45, 2.75) is 6.17 Å². The van der Waals surface area contributed by atoms with E-state index in [4.69, 9.17) is 19.4 Å². The first-order valence-electron chi connectivity index (χ1n) is 17.9. The summed E-state index contributed by atoms with van der Waals surface area (Å²) in [6.07, 6.45) is 3.49. The molecule has 0 fully saturated rings. The number of aliphatic imine (C=N–C) groups is 2. The van der Waals surface area contributed by atoms with E-state index in [1.807, 2.05) is 42.7 Å². The van der Waals surface area contributed by atoms with Crippen LogP contribution in [0.3, 0.4) is 0 Å². The number of pyridine rings is 1. The van der Waals surface area contributed by atoms with Gasteiger partial charge in [0, 0.05) is 39.9 Å². The van der Waals surface area contributed by atoms with Crippen molar-refractivity contribution in [2.75, 3.05) is 0 Å². The summed E-state index contributed by atoms with van der Waals surface area (Å²) in [5.74, 6) is 1.41. The van der Waals surface area contributed by atoms with Crippen molar-refractivity contribution in [3.05, 3.63) is 187 Å². The Bertz CT molecular complexity index is 3120. The van der Waals surface area contributed by atoms with E-state index >= 15 is 0 Å². The van der Waals surface area contributed by atoms with Gasteiger partial charge in [0.25, 0.3) is 0 Å². The predicted octanol–water partition coefficient (Wildman–Crippen LogP) is 11.8. The molecule has 0 radical (unpaired) electrons. The molecule has 0 spiro atoms. The third-order valence-corrected chi connectivity index (χ3v) is 10.6. The summed E-state index contributed by atoms with van der Waals surface area (Å²) < 4.78 is 6.76. The molecule has 1 aliphatic rings. The number of aromatic nitrogens is 1. The molecular formula is C48H30N4O. The summed E-state index contributed by atoms with van der Waals surface area (Å²) in [6, 6.07) is 55.3. The van der Waals surface area contributed by atoms with Crippen molar-refractivity contribution in [3.63, 3.8) is 0 Å². The average molecular weight is 679 g/mol. The van der Waals surface area contributed by atoms with Gasteiger partial charge in [-0.3, -0.25) is 4.98 Å². The fourth-order valence-corrected chi connectivity index (χ4v) is 8.07. The minimum Gasteiger partial charge on any atom is -0.455 e. The van der Waals surface area contributed by atoms with Crippen LogP contribution in [0, 0.1) is 0 Å². The van der Waals surface area contributed by atoms with Gasteiger partial charge in [-0.05, 0) is 72.4 Å². The molecular weight excluding hydrogens is 649 g/mol. The Labute approximate surface area is 304 Å². The van der Waals surface area contributed by atoms with Gasteiger partial charge >= 0.3 is 0 Å². The van der Waals surface area contributed by atoms with Crippen LogP contribution in [0.5, 0.6) is 0 Å². The lowest BCUT2D eigenvalue weighted by Gasteiger charge is -2.24. The van der Waals surface area contributed by atoms with Gasteiger partial charge in [0.2, 0.25) is 0 Å². The van der Waals surface area contributed by atoms with Crippen LogP contribution in [0.2, 0.25) is 0 Å². The standard InChI is InChI=1S/C48H30N4O/c1-2-12-30(13-3-1)46-50-47(33-22-21-29-11-4-5-14-31(29)25-33)52-48(51-46)39-19-10-20-43-44(39)42-28-49-27-41(45(42)53-43)32-23-24-38-36-17-7-6-15-34(36)35-16-8-9-18-37(35)40(38)26-32/h1-28,47H,(H,50,51,52). The summed E-state index contributed by atoms with van der Waals surface area (Å²) in [4.78, 5) is 15.1. The summed E-state index contributed by atoms with van der Waals surface area (Å²) >= 11 is 0. The van der Waals surface area contributed by atoms with E-state index in [0.717, 1.165) is 55.6 Å². The Morgan fingerprint density at radius 2 is 1.19 bits per heavy atom. The highest BCUT2D eigenvalue weighted by Gasteiger charge is 2.25. The fourth-order valence-electron chi connectivity index (χ4n) is 8.07. The number of benzene rings is 8. The Morgan fingerprint density at radius 1 is 0.491 bits per heavy atom. The molecule has 0 amide bonds. The zero-order valence-electron chi connectivity index (χ0n) is 28.5. The Morgan fingerprint density at radius 3 is 1.98 bits per heavy atom. The second-order valence-electron chi connectivity index (χ2n) is 13.6. The van der Waals surface area contributed by atoms with Crippen LogP contribution in [-0.4, -0.2) is 16.7 Å². The van der Waals surface area contributed by atoms with Crippen molar-refractivity contribution < 1.29 is 4.42 Å². The first-order valence-corrected chi connectivity index (χ1v) is 17.9. The monoisotopic (exact) mass is 678 g/mol. The lowest BCUT2D eigenvalue weighted by Crippen LogP contribution is -2.33. The first kappa shape index (κ1) is 29.6. The van der Waals surface area contributed by atoms with Crippen molar-refractivity contribution in [2.24, 2.45) is 9.98 Å². The van der Waals surface area contributed by atoms with Crippen LogP contribution < -0.4 is 5.32 Å². The number of rotatable bonds is 4. The van der Waals surface area contributed by atoms with Gasteiger partial charge in [-0.15, -0.1) is 0 Å². The van der Waals surface area contributed by atoms with Gasteiger partial charge in [0.05, 0.1) is 0 Å². The number of nitrogens with zero attached hydrogens (tertiary/aromatic N) is 3. The largest absolute Gasteiger partial charge is 0.455 e. The molecule has 1 unspecified atom stereocenters. The second-order valence-corrected chi connectivity index (χ2v) is 13.6. The summed E-state index contributed by atoms with van der Waals surface area (Å²) in [6.45, 7) is 0. The van der Waals surface area contributed by atoms with Crippen molar-refractivity contribution >= 4 is 76.7 Å². The van der Waals surface area contributed by atoms with Gasteiger partial charge in [-0.2, -0.15) is 0 Å². The number of furan rings is 1. The Kier molecular flexibility index (Phi) is 6.55. The molecule has 0 saturated carbocycles. The second kappa shape index (κ2) is 11.7. The smallest absolute Gasteiger partial charge is 0.159 e. The molecule has 5 nitrogen and oxygen atoms in total. The van der Waals surface area contributed by atoms with Crippen LogP contribution >= 0.6 is 0 Å². The maximum atomic E-state index is 6.76. The van der Waals surface area contributed by atoms with E-state index in [0.29, 0.717) is 5.84 Å². The molecule has 53 heavy (non-hydrogen) atoms. The number of fused-ring (bicyclic) bond motifs is 10. The van der Waals surface area contributed by atoms with Crippen LogP contribution in [-0.2, 0) is 0 Å². The van der Waals surface area contributed by atoms with Crippen molar-refractivity contribution in [1.82, 2.24) is 10.3 Å². The van der Waals surface area contributed by atoms with E-state index in [1.54, 1.807) is 0 Å². The lowest BCUT2D eigenvalue weighted by molar-refractivity contribution is 0.668. The fraction of sp³-hybridized carbons (Fsp3) is 0.0208. The average Bonchev–Trinajstić information content (AvgIpc) is 3.63. The van der Waals surface area contributed by atoms with Crippen LogP contribution in [0.4, 0.5) is 0 Å². The van der Waals surface area contributed by atoms with Gasteiger partial charge in [0.1, 0.15) is 23.2 Å². The molecule has 10 aromatic rings. The summed E-state index contributed by atoms with van der Waals surface area (Å²) in [5.41, 5.74) is 6.54. The summed E-state index contributed by atoms with van der Waals surface area (Å²) in [7, 11) is 0. The van der Waals surface area contributed by atoms with E-state index in [1.165, 1.54) is 43.1 Å². The normalized spacial score (nSPS) is 14.6. The molecule has 1 atom stereocenters. The van der Waals surface area contributed by atoms with E-state index in [2.05, 4.69) is 133 Å². The highest BCUT2D eigenvalue weighted by Crippen LogP contribution is 2.41. The maximum absolute atomic E-state index is 6.76.